The molecule has 1 heterocycles. The van der Waals surface area contributed by atoms with Crippen molar-refractivity contribution >= 4 is 0 Å². The van der Waals surface area contributed by atoms with E-state index in [1.165, 1.54) is 5.56 Å². The van der Waals surface area contributed by atoms with Crippen LogP contribution >= 0.6 is 0 Å². The Morgan fingerprint density at radius 3 is 2.67 bits per heavy atom. The van der Waals surface area contributed by atoms with E-state index in [1.54, 1.807) is 0 Å². The van der Waals surface area contributed by atoms with Gasteiger partial charge in [-0.25, -0.2) is 0 Å². The first kappa shape index (κ1) is 10.7. The van der Waals surface area contributed by atoms with Gasteiger partial charge < -0.3 is 5.32 Å². The summed E-state index contributed by atoms with van der Waals surface area (Å²) >= 11 is 0. The molecular weight excluding hydrogens is 184 g/mol. The molecule has 2 heteroatoms. The van der Waals surface area contributed by atoms with Crippen LogP contribution < -0.4 is 5.32 Å². The Balaban J connectivity index is 2.18. The van der Waals surface area contributed by atoms with Gasteiger partial charge in [-0.05, 0) is 19.4 Å². The molecule has 0 aromatic heterocycles. The van der Waals surface area contributed by atoms with E-state index in [-0.39, 0.29) is 0 Å². The molecule has 1 aromatic carbocycles. The minimum absolute atomic E-state index is 0.542. The first-order valence-electron chi connectivity index (χ1n) is 5.80. The summed E-state index contributed by atoms with van der Waals surface area (Å²) in [5, 5.41) is 3.48. The van der Waals surface area contributed by atoms with E-state index in [1.807, 2.05) is 0 Å². The molecule has 0 radical (unpaired) electrons. The second-order valence-electron chi connectivity index (χ2n) is 4.46. The molecule has 1 aliphatic rings. The average Bonchev–Trinajstić information content (AvgIpc) is 2.30. The third kappa shape index (κ3) is 2.39. The predicted molar refractivity (Wildman–Crippen MR) is 63.9 cm³/mol. The zero-order chi connectivity index (χ0) is 10.7. The van der Waals surface area contributed by atoms with Crippen molar-refractivity contribution in [2.75, 3.05) is 19.6 Å². The van der Waals surface area contributed by atoms with Crippen LogP contribution in [0.2, 0.25) is 0 Å². The highest BCUT2D eigenvalue weighted by molar-refractivity contribution is 5.20. The fourth-order valence-corrected chi connectivity index (χ4v) is 2.32. The molecule has 1 aromatic rings. The third-order valence-corrected chi connectivity index (χ3v) is 3.13. The standard InChI is InChI=1S/C13H20N2/c1-11(2)15-9-8-14-10-13(15)12-6-4-3-5-7-12/h3-7,11,13-14H,8-10H2,1-2H3. The van der Waals surface area contributed by atoms with Crippen LogP contribution in [-0.2, 0) is 0 Å². The number of hydrogen-bond donors (Lipinski definition) is 1. The lowest BCUT2D eigenvalue weighted by Gasteiger charge is -2.39. The van der Waals surface area contributed by atoms with Crippen molar-refractivity contribution in [3.8, 4) is 0 Å². The summed E-state index contributed by atoms with van der Waals surface area (Å²) in [4.78, 5) is 2.58. The zero-order valence-electron chi connectivity index (χ0n) is 9.61. The normalized spacial score (nSPS) is 23.3. The van der Waals surface area contributed by atoms with Crippen molar-refractivity contribution in [1.82, 2.24) is 10.2 Å². The van der Waals surface area contributed by atoms with Gasteiger partial charge in [0.05, 0.1) is 0 Å². The van der Waals surface area contributed by atoms with Crippen LogP contribution in [0.5, 0.6) is 0 Å². The van der Waals surface area contributed by atoms with Crippen LogP contribution in [-0.4, -0.2) is 30.6 Å². The summed E-state index contributed by atoms with van der Waals surface area (Å²) in [5.74, 6) is 0. The molecule has 1 fully saturated rings. The van der Waals surface area contributed by atoms with Gasteiger partial charge in [-0.1, -0.05) is 30.3 Å². The Labute approximate surface area is 92.3 Å². The molecule has 1 atom stereocenters. The Hall–Kier alpha value is -0.860. The Morgan fingerprint density at radius 1 is 1.27 bits per heavy atom. The highest BCUT2D eigenvalue weighted by Gasteiger charge is 2.25. The summed E-state index contributed by atoms with van der Waals surface area (Å²) in [7, 11) is 0. The number of piperazine rings is 1. The number of hydrogen-bond acceptors (Lipinski definition) is 2. The lowest BCUT2D eigenvalue weighted by Crippen LogP contribution is -2.48. The molecule has 0 spiro atoms. The van der Waals surface area contributed by atoms with Crippen LogP contribution in [0.25, 0.3) is 0 Å². The number of rotatable bonds is 2. The minimum Gasteiger partial charge on any atom is -0.314 e. The number of benzene rings is 1. The average molecular weight is 204 g/mol. The van der Waals surface area contributed by atoms with Gasteiger partial charge in [0.15, 0.2) is 0 Å². The van der Waals surface area contributed by atoms with Gasteiger partial charge in [0, 0.05) is 31.7 Å². The van der Waals surface area contributed by atoms with E-state index in [4.69, 9.17) is 0 Å². The van der Waals surface area contributed by atoms with Crippen molar-refractivity contribution < 1.29 is 0 Å². The summed E-state index contributed by atoms with van der Waals surface area (Å²) in [6, 6.07) is 12.0. The van der Waals surface area contributed by atoms with E-state index in [0.717, 1.165) is 19.6 Å². The van der Waals surface area contributed by atoms with Gasteiger partial charge >= 0.3 is 0 Å². The number of nitrogens with zero attached hydrogens (tertiary/aromatic N) is 1. The highest BCUT2D eigenvalue weighted by atomic mass is 15.2. The van der Waals surface area contributed by atoms with E-state index in [0.29, 0.717) is 12.1 Å². The van der Waals surface area contributed by atoms with Crippen LogP contribution in [0.15, 0.2) is 30.3 Å². The highest BCUT2D eigenvalue weighted by Crippen LogP contribution is 2.23. The van der Waals surface area contributed by atoms with E-state index in [9.17, 15) is 0 Å². The van der Waals surface area contributed by atoms with Gasteiger partial charge in [-0.2, -0.15) is 0 Å². The quantitative estimate of drug-likeness (QED) is 0.793. The second kappa shape index (κ2) is 4.77. The first-order valence-corrected chi connectivity index (χ1v) is 5.80. The third-order valence-electron chi connectivity index (χ3n) is 3.13. The van der Waals surface area contributed by atoms with Crippen molar-refractivity contribution in [1.29, 1.82) is 0 Å². The Kier molecular flexibility index (Phi) is 3.39. The molecular formula is C13H20N2. The van der Waals surface area contributed by atoms with Crippen molar-refractivity contribution in [3.05, 3.63) is 35.9 Å². The van der Waals surface area contributed by atoms with E-state index >= 15 is 0 Å². The van der Waals surface area contributed by atoms with Crippen molar-refractivity contribution in [2.45, 2.75) is 25.9 Å². The second-order valence-corrected chi connectivity index (χ2v) is 4.46. The molecule has 1 aliphatic heterocycles. The maximum atomic E-state index is 3.48. The summed E-state index contributed by atoms with van der Waals surface area (Å²) in [6.07, 6.45) is 0. The Bertz CT molecular complexity index is 295. The lowest BCUT2D eigenvalue weighted by atomic mass is 10.0. The SMILES string of the molecule is CC(C)N1CCNCC1c1ccccc1. The molecule has 0 bridgehead atoms. The maximum absolute atomic E-state index is 3.48. The van der Waals surface area contributed by atoms with Crippen LogP contribution in [0.1, 0.15) is 25.5 Å². The van der Waals surface area contributed by atoms with Gasteiger partial charge in [0.25, 0.3) is 0 Å². The molecule has 2 nitrogen and oxygen atoms in total. The molecule has 0 saturated carbocycles. The van der Waals surface area contributed by atoms with E-state index in [2.05, 4.69) is 54.4 Å². The van der Waals surface area contributed by atoms with Gasteiger partial charge in [0.2, 0.25) is 0 Å². The monoisotopic (exact) mass is 204 g/mol. The smallest absolute Gasteiger partial charge is 0.0475 e. The predicted octanol–water partition coefficient (Wildman–Crippen LogP) is 2.04. The van der Waals surface area contributed by atoms with Crippen LogP contribution in [0.3, 0.4) is 0 Å². The summed E-state index contributed by atoms with van der Waals surface area (Å²) < 4.78 is 0. The number of nitrogens with one attached hydrogen (secondary N) is 1. The van der Waals surface area contributed by atoms with Gasteiger partial charge in [0.1, 0.15) is 0 Å². The van der Waals surface area contributed by atoms with Crippen molar-refractivity contribution in [3.63, 3.8) is 0 Å². The summed E-state index contributed by atoms with van der Waals surface area (Å²) in [5.41, 5.74) is 1.43. The van der Waals surface area contributed by atoms with Gasteiger partial charge in [-0.3, -0.25) is 4.90 Å². The molecule has 15 heavy (non-hydrogen) atoms. The zero-order valence-corrected chi connectivity index (χ0v) is 9.61. The summed E-state index contributed by atoms with van der Waals surface area (Å²) in [6.45, 7) is 7.89. The fraction of sp³-hybridized carbons (Fsp3) is 0.538. The molecule has 0 amide bonds. The van der Waals surface area contributed by atoms with E-state index < -0.39 is 0 Å². The molecule has 1 saturated heterocycles. The first-order chi connectivity index (χ1) is 7.29. The van der Waals surface area contributed by atoms with Crippen LogP contribution in [0.4, 0.5) is 0 Å². The van der Waals surface area contributed by atoms with Gasteiger partial charge in [-0.15, -0.1) is 0 Å². The molecule has 1 unspecified atom stereocenters. The molecule has 0 aliphatic carbocycles. The van der Waals surface area contributed by atoms with Crippen LogP contribution in [0, 0.1) is 0 Å². The lowest BCUT2D eigenvalue weighted by molar-refractivity contribution is 0.124. The van der Waals surface area contributed by atoms with Crippen molar-refractivity contribution in [2.24, 2.45) is 0 Å². The Morgan fingerprint density at radius 2 is 2.00 bits per heavy atom. The largest absolute Gasteiger partial charge is 0.314 e. The maximum Gasteiger partial charge on any atom is 0.0475 e. The molecule has 1 N–H and O–H groups in total. The molecule has 82 valence electrons. The topological polar surface area (TPSA) is 15.3 Å². The molecule has 2 rings (SSSR count). The fourth-order valence-electron chi connectivity index (χ4n) is 2.32. The minimum atomic E-state index is 0.542.